The van der Waals surface area contributed by atoms with Crippen LogP contribution >= 0.6 is 0 Å². The second-order valence-corrected chi connectivity index (χ2v) is 6.98. The SMILES string of the molecule is COc1ccc([C@H]2C=C(c3ccccc3)NN2C(=O)COC(=O)c2ccccc2)cc1. The summed E-state index contributed by atoms with van der Waals surface area (Å²) in [6, 6.07) is 25.5. The van der Waals surface area contributed by atoms with E-state index in [4.69, 9.17) is 9.47 Å². The number of hydrogen-bond donors (Lipinski definition) is 1. The lowest BCUT2D eigenvalue weighted by Crippen LogP contribution is -2.42. The van der Waals surface area contributed by atoms with E-state index in [9.17, 15) is 9.59 Å². The van der Waals surface area contributed by atoms with Crippen LogP contribution in [0.1, 0.15) is 27.5 Å². The van der Waals surface area contributed by atoms with Crippen LogP contribution in [0.2, 0.25) is 0 Å². The number of hydrazine groups is 1. The van der Waals surface area contributed by atoms with Crippen molar-refractivity contribution in [2.45, 2.75) is 6.04 Å². The number of nitrogens with zero attached hydrogens (tertiary/aromatic N) is 1. The van der Waals surface area contributed by atoms with Crippen LogP contribution in [0.4, 0.5) is 0 Å². The molecule has 4 rings (SSSR count). The van der Waals surface area contributed by atoms with Crippen molar-refractivity contribution in [1.29, 1.82) is 0 Å². The number of methoxy groups -OCH3 is 1. The molecule has 0 saturated carbocycles. The number of ether oxygens (including phenoxy) is 2. The van der Waals surface area contributed by atoms with Crippen molar-refractivity contribution >= 4 is 17.6 Å². The summed E-state index contributed by atoms with van der Waals surface area (Å²) in [6.45, 7) is -0.372. The molecule has 0 aliphatic carbocycles. The van der Waals surface area contributed by atoms with E-state index in [2.05, 4.69) is 5.43 Å². The molecular weight excluding hydrogens is 392 g/mol. The van der Waals surface area contributed by atoms with Gasteiger partial charge in [-0.25, -0.2) is 9.80 Å². The highest BCUT2D eigenvalue weighted by molar-refractivity contribution is 5.91. The van der Waals surface area contributed by atoms with Crippen LogP contribution in [0.25, 0.3) is 5.70 Å². The van der Waals surface area contributed by atoms with Gasteiger partial charge in [0.15, 0.2) is 6.61 Å². The van der Waals surface area contributed by atoms with E-state index in [1.807, 2.05) is 66.7 Å². The molecule has 1 atom stereocenters. The van der Waals surface area contributed by atoms with Gasteiger partial charge in [0.2, 0.25) is 0 Å². The van der Waals surface area contributed by atoms with E-state index in [-0.39, 0.29) is 18.6 Å². The average molecular weight is 414 g/mol. The predicted octanol–water partition coefficient (Wildman–Crippen LogP) is 3.98. The third-order valence-corrected chi connectivity index (χ3v) is 4.99. The lowest BCUT2D eigenvalue weighted by Gasteiger charge is -2.25. The van der Waals surface area contributed by atoms with Crippen molar-refractivity contribution in [2.75, 3.05) is 13.7 Å². The topological polar surface area (TPSA) is 67.9 Å². The summed E-state index contributed by atoms with van der Waals surface area (Å²) in [4.78, 5) is 25.2. The maximum absolute atomic E-state index is 13.0. The molecule has 1 amide bonds. The molecule has 0 saturated heterocycles. The van der Waals surface area contributed by atoms with Crippen molar-refractivity contribution in [3.8, 4) is 5.75 Å². The highest BCUT2D eigenvalue weighted by Crippen LogP contribution is 2.32. The minimum absolute atomic E-state index is 0.354. The summed E-state index contributed by atoms with van der Waals surface area (Å²) >= 11 is 0. The molecule has 6 nitrogen and oxygen atoms in total. The number of nitrogens with one attached hydrogen (secondary N) is 1. The molecule has 3 aromatic rings. The maximum Gasteiger partial charge on any atom is 0.338 e. The van der Waals surface area contributed by atoms with Gasteiger partial charge in [-0.05, 0) is 41.5 Å². The number of carbonyl (C=O) groups excluding carboxylic acids is 2. The molecule has 3 aromatic carbocycles. The molecule has 6 heteroatoms. The Balaban J connectivity index is 1.53. The molecule has 31 heavy (non-hydrogen) atoms. The smallest absolute Gasteiger partial charge is 0.338 e. The van der Waals surface area contributed by atoms with E-state index in [0.717, 1.165) is 22.6 Å². The molecule has 0 radical (unpaired) electrons. The predicted molar refractivity (Wildman–Crippen MR) is 117 cm³/mol. The van der Waals surface area contributed by atoms with Crippen LogP contribution in [0.15, 0.2) is 91.0 Å². The largest absolute Gasteiger partial charge is 0.497 e. The molecule has 0 spiro atoms. The van der Waals surface area contributed by atoms with Crippen LogP contribution in [-0.2, 0) is 9.53 Å². The van der Waals surface area contributed by atoms with Gasteiger partial charge < -0.3 is 9.47 Å². The Bertz CT molecular complexity index is 1080. The van der Waals surface area contributed by atoms with Gasteiger partial charge >= 0.3 is 5.97 Å². The summed E-state index contributed by atoms with van der Waals surface area (Å²) in [7, 11) is 1.61. The second-order valence-electron chi connectivity index (χ2n) is 6.98. The van der Waals surface area contributed by atoms with Gasteiger partial charge in [0.05, 0.1) is 24.4 Å². The molecule has 0 aromatic heterocycles. The van der Waals surface area contributed by atoms with E-state index in [1.165, 1.54) is 5.01 Å². The Morgan fingerprint density at radius 1 is 0.903 bits per heavy atom. The zero-order valence-corrected chi connectivity index (χ0v) is 17.0. The zero-order valence-electron chi connectivity index (χ0n) is 17.0. The first-order chi connectivity index (χ1) is 15.2. The molecule has 0 fully saturated rings. The standard InChI is InChI=1S/C25H22N2O4/c1-30-21-14-12-19(13-15-21)23-16-22(18-8-4-2-5-9-18)26-27(23)24(28)17-31-25(29)20-10-6-3-7-11-20/h2-16,23,26H,17H2,1H3/t23-/m1/s1. The Kier molecular flexibility index (Phi) is 5.98. The number of amides is 1. The van der Waals surface area contributed by atoms with Crippen molar-refractivity contribution in [1.82, 2.24) is 10.4 Å². The summed E-state index contributed by atoms with van der Waals surface area (Å²) < 4.78 is 10.5. The first-order valence-corrected chi connectivity index (χ1v) is 9.88. The quantitative estimate of drug-likeness (QED) is 0.618. The van der Waals surface area contributed by atoms with Crippen LogP contribution in [0, 0.1) is 0 Å². The first kappa shape index (κ1) is 20.2. The normalized spacial score (nSPS) is 15.1. The Morgan fingerprint density at radius 3 is 2.19 bits per heavy atom. The van der Waals surface area contributed by atoms with Gasteiger partial charge in [-0.1, -0.05) is 60.7 Å². The van der Waals surface area contributed by atoms with Crippen LogP contribution in [0.3, 0.4) is 0 Å². The summed E-state index contributed by atoms with van der Waals surface area (Å²) in [5.74, 6) is -0.158. The number of benzene rings is 3. The molecule has 0 bridgehead atoms. The molecule has 0 unspecified atom stereocenters. The first-order valence-electron chi connectivity index (χ1n) is 9.88. The third kappa shape index (κ3) is 4.59. The molecule has 156 valence electrons. The minimum atomic E-state index is -0.537. The highest BCUT2D eigenvalue weighted by Gasteiger charge is 2.31. The van der Waals surface area contributed by atoms with E-state index < -0.39 is 5.97 Å². The average Bonchev–Trinajstić information content (AvgIpc) is 3.29. The number of carbonyl (C=O) groups is 2. The fraction of sp³-hybridized carbons (Fsp3) is 0.120. The fourth-order valence-corrected chi connectivity index (χ4v) is 3.37. The molecule has 1 heterocycles. The van der Waals surface area contributed by atoms with Gasteiger partial charge in [0, 0.05) is 0 Å². The van der Waals surface area contributed by atoms with Gasteiger partial charge in [-0.2, -0.15) is 0 Å². The number of rotatable bonds is 6. The van der Waals surface area contributed by atoms with Crippen LogP contribution in [-0.4, -0.2) is 30.6 Å². The lowest BCUT2D eigenvalue weighted by molar-refractivity contribution is -0.137. The van der Waals surface area contributed by atoms with E-state index in [0.29, 0.717) is 5.56 Å². The Morgan fingerprint density at radius 2 is 1.55 bits per heavy atom. The summed E-state index contributed by atoms with van der Waals surface area (Å²) in [6.07, 6.45) is 1.98. The summed E-state index contributed by atoms with van der Waals surface area (Å²) in [5.41, 5.74) is 6.24. The van der Waals surface area contributed by atoms with Crippen molar-refractivity contribution in [3.05, 3.63) is 108 Å². The van der Waals surface area contributed by atoms with Gasteiger partial charge in [-0.3, -0.25) is 10.2 Å². The Labute approximate surface area is 180 Å². The van der Waals surface area contributed by atoms with E-state index in [1.54, 1.807) is 31.4 Å². The van der Waals surface area contributed by atoms with E-state index >= 15 is 0 Å². The third-order valence-electron chi connectivity index (χ3n) is 4.99. The molecule has 1 aliphatic heterocycles. The van der Waals surface area contributed by atoms with Gasteiger partial charge in [0.25, 0.3) is 5.91 Å². The van der Waals surface area contributed by atoms with Gasteiger partial charge in [-0.15, -0.1) is 0 Å². The minimum Gasteiger partial charge on any atom is -0.497 e. The molecular formula is C25H22N2O4. The molecule has 1 aliphatic rings. The summed E-state index contributed by atoms with van der Waals surface area (Å²) in [5, 5.41) is 1.49. The second kappa shape index (κ2) is 9.17. The maximum atomic E-state index is 13.0. The van der Waals surface area contributed by atoms with Crippen molar-refractivity contribution in [2.24, 2.45) is 0 Å². The van der Waals surface area contributed by atoms with Crippen molar-refractivity contribution in [3.63, 3.8) is 0 Å². The van der Waals surface area contributed by atoms with Gasteiger partial charge in [0.1, 0.15) is 5.75 Å². The highest BCUT2D eigenvalue weighted by atomic mass is 16.5. The number of esters is 1. The monoisotopic (exact) mass is 414 g/mol. The van der Waals surface area contributed by atoms with Crippen LogP contribution < -0.4 is 10.2 Å². The lowest BCUT2D eigenvalue weighted by atomic mass is 10.0. The Hall–Kier alpha value is -4.06. The number of hydrogen-bond acceptors (Lipinski definition) is 5. The fourth-order valence-electron chi connectivity index (χ4n) is 3.37. The molecule has 1 N–H and O–H groups in total. The zero-order chi connectivity index (χ0) is 21.6. The van der Waals surface area contributed by atoms with Crippen molar-refractivity contribution < 1.29 is 19.1 Å². The van der Waals surface area contributed by atoms with Crippen LogP contribution in [0.5, 0.6) is 5.75 Å².